The van der Waals surface area contributed by atoms with Crippen LogP contribution in [0.5, 0.6) is 0 Å². The van der Waals surface area contributed by atoms with Gasteiger partial charge < -0.3 is 5.32 Å². The first-order valence-corrected chi connectivity index (χ1v) is 5.71. The van der Waals surface area contributed by atoms with E-state index in [9.17, 15) is 0 Å². The zero-order valence-corrected chi connectivity index (χ0v) is 11.3. The zero-order valence-electron chi connectivity index (χ0n) is 11.3. The van der Waals surface area contributed by atoms with Gasteiger partial charge in [-0.3, -0.25) is 4.99 Å². The van der Waals surface area contributed by atoms with Gasteiger partial charge >= 0.3 is 0 Å². The summed E-state index contributed by atoms with van der Waals surface area (Å²) in [6.45, 7) is 13.0. The first kappa shape index (κ1) is 14.4. The predicted octanol–water partition coefficient (Wildman–Crippen LogP) is 3.25. The molecular weight excluding hydrogens is 184 g/mol. The first-order valence-electron chi connectivity index (χ1n) is 5.71. The van der Waals surface area contributed by atoms with Crippen LogP contribution in [0.4, 0.5) is 0 Å². The zero-order chi connectivity index (χ0) is 12.1. The Kier molecular flexibility index (Phi) is 5.81. The number of allylic oxidation sites excluding steroid dienone is 2. The SMILES string of the molecule is C/C=C(\N=C/C(C)C(C)NC)C(C)(C)C. The Morgan fingerprint density at radius 1 is 1.27 bits per heavy atom. The molecule has 0 spiro atoms. The summed E-state index contributed by atoms with van der Waals surface area (Å²) in [6.07, 6.45) is 4.13. The molecule has 0 aromatic rings. The van der Waals surface area contributed by atoms with Crippen LogP contribution in [0.25, 0.3) is 0 Å². The number of hydrogen-bond donors (Lipinski definition) is 1. The topological polar surface area (TPSA) is 24.4 Å². The van der Waals surface area contributed by atoms with Gasteiger partial charge in [-0.05, 0) is 20.9 Å². The highest BCUT2D eigenvalue weighted by molar-refractivity contribution is 5.62. The molecule has 0 aromatic heterocycles. The highest BCUT2D eigenvalue weighted by Crippen LogP contribution is 2.25. The highest BCUT2D eigenvalue weighted by atomic mass is 14.9. The number of nitrogens with zero attached hydrogens (tertiary/aromatic N) is 1. The molecule has 2 heteroatoms. The van der Waals surface area contributed by atoms with Crippen molar-refractivity contribution in [1.29, 1.82) is 0 Å². The van der Waals surface area contributed by atoms with Crippen LogP contribution in [-0.2, 0) is 0 Å². The minimum atomic E-state index is 0.133. The largest absolute Gasteiger partial charge is 0.317 e. The van der Waals surface area contributed by atoms with Crippen LogP contribution in [0.1, 0.15) is 41.5 Å². The van der Waals surface area contributed by atoms with Crippen molar-refractivity contribution in [2.75, 3.05) is 7.05 Å². The van der Waals surface area contributed by atoms with Crippen molar-refractivity contribution in [3.8, 4) is 0 Å². The molecular formula is C13H26N2. The van der Waals surface area contributed by atoms with Gasteiger partial charge in [0, 0.05) is 29.3 Å². The summed E-state index contributed by atoms with van der Waals surface area (Å²) in [6, 6.07) is 0.465. The Hall–Kier alpha value is -0.630. The van der Waals surface area contributed by atoms with Crippen molar-refractivity contribution in [2.24, 2.45) is 16.3 Å². The standard InChI is InChI=1S/C13H26N2/c1-8-12(13(4,5)6)15-9-10(2)11(3)14-7/h8-11,14H,1-7H3/b12-8-,15-9-. The van der Waals surface area contributed by atoms with Crippen LogP contribution >= 0.6 is 0 Å². The number of hydrogen-bond acceptors (Lipinski definition) is 2. The van der Waals surface area contributed by atoms with E-state index in [0.29, 0.717) is 12.0 Å². The molecule has 0 saturated heterocycles. The van der Waals surface area contributed by atoms with Gasteiger partial charge in [0.25, 0.3) is 0 Å². The van der Waals surface area contributed by atoms with Crippen molar-refractivity contribution >= 4 is 6.21 Å². The third-order valence-electron chi connectivity index (χ3n) is 2.73. The fourth-order valence-electron chi connectivity index (χ4n) is 1.29. The monoisotopic (exact) mass is 210 g/mol. The van der Waals surface area contributed by atoms with Gasteiger partial charge in [0.2, 0.25) is 0 Å². The highest BCUT2D eigenvalue weighted by Gasteiger charge is 2.15. The normalized spacial score (nSPS) is 18.2. The number of nitrogens with one attached hydrogen (secondary N) is 1. The summed E-state index contributed by atoms with van der Waals surface area (Å²) in [5.41, 5.74) is 1.28. The second-order valence-corrected chi connectivity index (χ2v) is 5.14. The molecule has 15 heavy (non-hydrogen) atoms. The van der Waals surface area contributed by atoms with Crippen molar-refractivity contribution in [1.82, 2.24) is 5.32 Å². The van der Waals surface area contributed by atoms with Gasteiger partial charge in [-0.15, -0.1) is 0 Å². The van der Waals surface area contributed by atoms with Crippen LogP contribution in [0.15, 0.2) is 16.8 Å². The van der Waals surface area contributed by atoms with E-state index < -0.39 is 0 Å². The summed E-state index contributed by atoms with van der Waals surface area (Å²) in [7, 11) is 1.98. The average Bonchev–Trinajstić information content (AvgIpc) is 2.15. The summed E-state index contributed by atoms with van der Waals surface area (Å²) < 4.78 is 0. The molecule has 0 aliphatic carbocycles. The van der Waals surface area contributed by atoms with Crippen LogP contribution in [-0.4, -0.2) is 19.3 Å². The summed E-state index contributed by atoms with van der Waals surface area (Å²) in [5.74, 6) is 0.451. The van der Waals surface area contributed by atoms with Gasteiger partial charge in [0.05, 0.1) is 0 Å². The molecule has 88 valence electrons. The number of rotatable bonds is 4. The summed E-state index contributed by atoms with van der Waals surface area (Å²) in [4.78, 5) is 4.58. The minimum Gasteiger partial charge on any atom is -0.317 e. The molecule has 0 bridgehead atoms. The smallest absolute Gasteiger partial charge is 0.0410 e. The molecule has 2 nitrogen and oxygen atoms in total. The van der Waals surface area contributed by atoms with Crippen LogP contribution in [0.2, 0.25) is 0 Å². The van der Waals surface area contributed by atoms with E-state index >= 15 is 0 Å². The Balaban J connectivity index is 4.51. The summed E-state index contributed by atoms with van der Waals surface area (Å²) in [5, 5.41) is 3.23. The van der Waals surface area contributed by atoms with Crippen LogP contribution in [0.3, 0.4) is 0 Å². The lowest BCUT2D eigenvalue weighted by molar-refractivity contribution is 0.493. The number of aliphatic imine (C=N–C) groups is 1. The lowest BCUT2D eigenvalue weighted by Crippen LogP contribution is -2.29. The maximum Gasteiger partial charge on any atom is 0.0410 e. The molecule has 0 rings (SSSR count). The van der Waals surface area contributed by atoms with E-state index in [1.54, 1.807) is 0 Å². The van der Waals surface area contributed by atoms with Crippen LogP contribution in [0, 0.1) is 11.3 Å². The lowest BCUT2D eigenvalue weighted by Gasteiger charge is -2.20. The van der Waals surface area contributed by atoms with E-state index in [0.717, 1.165) is 5.70 Å². The fourth-order valence-corrected chi connectivity index (χ4v) is 1.29. The molecule has 2 atom stereocenters. The van der Waals surface area contributed by atoms with E-state index in [2.05, 4.69) is 51.0 Å². The molecule has 0 saturated carbocycles. The summed E-state index contributed by atoms with van der Waals surface area (Å²) >= 11 is 0. The fraction of sp³-hybridized carbons (Fsp3) is 0.769. The molecule has 0 aromatic carbocycles. The van der Waals surface area contributed by atoms with Gasteiger partial charge in [-0.2, -0.15) is 0 Å². The van der Waals surface area contributed by atoms with Gasteiger partial charge in [0.15, 0.2) is 0 Å². The molecule has 0 heterocycles. The molecule has 0 aliphatic heterocycles. The second kappa shape index (κ2) is 6.06. The van der Waals surface area contributed by atoms with Crippen molar-refractivity contribution in [2.45, 2.75) is 47.6 Å². The predicted molar refractivity (Wildman–Crippen MR) is 69.4 cm³/mol. The Morgan fingerprint density at radius 2 is 1.80 bits per heavy atom. The Bertz CT molecular complexity index is 233. The van der Waals surface area contributed by atoms with Crippen molar-refractivity contribution in [3.05, 3.63) is 11.8 Å². The molecule has 0 radical (unpaired) electrons. The third-order valence-corrected chi connectivity index (χ3v) is 2.73. The molecule has 0 aliphatic rings. The van der Waals surface area contributed by atoms with E-state index in [-0.39, 0.29) is 5.41 Å². The molecule has 1 N–H and O–H groups in total. The van der Waals surface area contributed by atoms with Crippen LogP contribution < -0.4 is 5.32 Å². The van der Waals surface area contributed by atoms with Gasteiger partial charge in [-0.1, -0.05) is 33.8 Å². The minimum absolute atomic E-state index is 0.133. The Labute approximate surface area is 94.9 Å². The lowest BCUT2D eigenvalue weighted by atomic mass is 9.92. The van der Waals surface area contributed by atoms with E-state index in [4.69, 9.17) is 0 Å². The van der Waals surface area contributed by atoms with E-state index in [1.807, 2.05) is 20.2 Å². The average molecular weight is 210 g/mol. The quantitative estimate of drug-likeness (QED) is 0.708. The first-order chi connectivity index (χ1) is 6.82. The second-order valence-electron chi connectivity index (χ2n) is 5.14. The Morgan fingerprint density at radius 3 is 2.13 bits per heavy atom. The third kappa shape index (κ3) is 5.12. The van der Waals surface area contributed by atoms with Crippen molar-refractivity contribution < 1.29 is 0 Å². The van der Waals surface area contributed by atoms with Gasteiger partial charge in [-0.25, -0.2) is 0 Å². The van der Waals surface area contributed by atoms with Gasteiger partial charge in [0.1, 0.15) is 0 Å². The molecule has 0 amide bonds. The molecule has 2 unspecified atom stereocenters. The molecule has 0 fully saturated rings. The maximum absolute atomic E-state index is 4.58. The van der Waals surface area contributed by atoms with Crippen molar-refractivity contribution in [3.63, 3.8) is 0 Å². The van der Waals surface area contributed by atoms with E-state index in [1.165, 1.54) is 0 Å². The maximum atomic E-state index is 4.58.